The van der Waals surface area contributed by atoms with Crippen LogP contribution in [0.25, 0.3) is 0 Å². The molecule has 0 atom stereocenters. The summed E-state index contributed by atoms with van der Waals surface area (Å²) in [7, 11) is 3.00. The summed E-state index contributed by atoms with van der Waals surface area (Å²) in [4.78, 5) is 23.7. The molecule has 0 saturated carbocycles. The van der Waals surface area contributed by atoms with Crippen molar-refractivity contribution in [2.24, 2.45) is 5.92 Å². The van der Waals surface area contributed by atoms with E-state index < -0.39 is 0 Å². The van der Waals surface area contributed by atoms with Gasteiger partial charge in [0.1, 0.15) is 17.1 Å². The first-order valence-electron chi connectivity index (χ1n) is 7.25. The third-order valence-electron chi connectivity index (χ3n) is 2.98. The molecule has 1 aromatic carbocycles. The van der Waals surface area contributed by atoms with E-state index in [1.165, 1.54) is 14.2 Å². The third kappa shape index (κ3) is 5.27. The van der Waals surface area contributed by atoms with Crippen LogP contribution in [-0.2, 0) is 4.79 Å². The summed E-state index contributed by atoms with van der Waals surface area (Å²) < 4.78 is 10.4. The van der Waals surface area contributed by atoms with E-state index in [9.17, 15) is 9.59 Å². The van der Waals surface area contributed by atoms with Crippen LogP contribution in [0, 0.1) is 5.92 Å². The topological polar surface area (TPSA) is 76.7 Å². The molecule has 0 aliphatic rings. The number of benzene rings is 1. The van der Waals surface area contributed by atoms with Gasteiger partial charge in [0.05, 0.1) is 14.2 Å². The SMILES string of the molecule is COc1cccc(OC)c1C(=O)NCCNC(=O)CC(C)C. The summed E-state index contributed by atoms with van der Waals surface area (Å²) in [6, 6.07) is 5.14. The van der Waals surface area contributed by atoms with E-state index in [1.54, 1.807) is 18.2 Å². The van der Waals surface area contributed by atoms with Gasteiger partial charge in [-0.25, -0.2) is 0 Å². The number of hydrogen-bond donors (Lipinski definition) is 2. The first-order valence-corrected chi connectivity index (χ1v) is 7.25. The van der Waals surface area contributed by atoms with Crippen molar-refractivity contribution >= 4 is 11.8 Å². The van der Waals surface area contributed by atoms with E-state index in [-0.39, 0.29) is 11.8 Å². The second kappa shape index (κ2) is 8.92. The number of methoxy groups -OCH3 is 2. The minimum Gasteiger partial charge on any atom is -0.496 e. The second-order valence-electron chi connectivity index (χ2n) is 5.24. The molecule has 0 aliphatic heterocycles. The maximum absolute atomic E-state index is 12.2. The zero-order valence-electron chi connectivity index (χ0n) is 13.6. The quantitative estimate of drug-likeness (QED) is 0.715. The Balaban J connectivity index is 2.54. The molecule has 2 N–H and O–H groups in total. The Bertz CT molecular complexity index is 493. The highest BCUT2D eigenvalue weighted by Gasteiger charge is 2.17. The maximum Gasteiger partial charge on any atom is 0.258 e. The Hall–Kier alpha value is -2.24. The molecule has 0 bridgehead atoms. The van der Waals surface area contributed by atoms with Gasteiger partial charge in [-0.05, 0) is 18.1 Å². The molecule has 6 nitrogen and oxygen atoms in total. The summed E-state index contributed by atoms with van der Waals surface area (Å²) in [5.74, 6) is 0.889. The van der Waals surface area contributed by atoms with Gasteiger partial charge in [-0.3, -0.25) is 9.59 Å². The molecule has 0 fully saturated rings. The van der Waals surface area contributed by atoms with Crippen LogP contribution in [0.1, 0.15) is 30.6 Å². The molecule has 0 aliphatic carbocycles. The van der Waals surface area contributed by atoms with Crippen LogP contribution < -0.4 is 20.1 Å². The monoisotopic (exact) mass is 308 g/mol. The number of carbonyl (C=O) groups excluding carboxylic acids is 2. The molecule has 122 valence electrons. The molecule has 2 amide bonds. The smallest absolute Gasteiger partial charge is 0.258 e. The van der Waals surface area contributed by atoms with Gasteiger partial charge in [-0.1, -0.05) is 19.9 Å². The molecular weight excluding hydrogens is 284 g/mol. The van der Waals surface area contributed by atoms with Crippen molar-refractivity contribution in [3.05, 3.63) is 23.8 Å². The summed E-state index contributed by atoms with van der Waals surface area (Å²) in [5.41, 5.74) is 0.348. The number of amides is 2. The van der Waals surface area contributed by atoms with Crippen LogP contribution in [0.4, 0.5) is 0 Å². The Kier molecular flexibility index (Phi) is 7.22. The lowest BCUT2D eigenvalue weighted by Gasteiger charge is -2.13. The van der Waals surface area contributed by atoms with E-state index in [0.29, 0.717) is 42.5 Å². The number of carbonyl (C=O) groups is 2. The predicted octanol–water partition coefficient (Wildman–Crippen LogP) is 1.60. The number of nitrogens with one attached hydrogen (secondary N) is 2. The molecule has 22 heavy (non-hydrogen) atoms. The Labute approximate surface area is 131 Å². The van der Waals surface area contributed by atoms with Crippen molar-refractivity contribution in [3.63, 3.8) is 0 Å². The number of rotatable bonds is 8. The standard InChI is InChI=1S/C16H24N2O4/c1-11(2)10-14(19)17-8-9-18-16(20)15-12(21-3)6-5-7-13(15)22-4/h5-7,11H,8-10H2,1-4H3,(H,17,19)(H,18,20). The molecule has 6 heteroatoms. The van der Waals surface area contributed by atoms with Gasteiger partial charge in [0.25, 0.3) is 5.91 Å². The van der Waals surface area contributed by atoms with E-state index >= 15 is 0 Å². The van der Waals surface area contributed by atoms with Gasteiger partial charge >= 0.3 is 0 Å². The third-order valence-corrected chi connectivity index (χ3v) is 2.98. The fraction of sp³-hybridized carbons (Fsp3) is 0.500. The average Bonchev–Trinajstić information content (AvgIpc) is 2.49. The predicted molar refractivity (Wildman–Crippen MR) is 84.3 cm³/mol. The lowest BCUT2D eigenvalue weighted by Crippen LogP contribution is -2.35. The highest BCUT2D eigenvalue weighted by atomic mass is 16.5. The summed E-state index contributed by atoms with van der Waals surface area (Å²) in [6.07, 6.45) is 0.480. The van der Waals surface area contributed by atoms with Crippen molar-refractivity contribution in [1.82, 2.24) is 10.6 Å². The highest BCUT2D eigenvalue weighted by molar-refractivity contribution is 5.99. The largest absolute Gasteiger partial charge is 0.496 e. The van der Waals surface area contributed by atoms with Crippen molar-refractivity contribution in [2.45, 2.75) is 20.3 Å². The lowest BCUT2D eigenvalue weighted by molar-refractivity contribution is -0.121. The van der Waals surface area contributed by atoms with Crippen LogP contribution in [0.2, 0.25) is 0 Å². The van der Waals surface area contributed by atoms with E-state index in [4.69, 9.17) is 9.47 Å². The highest BCUT2D eigenvalue weighted by Crippen LogP contribution is 2.27. The van der Waals surface area contributed by atoms with Gasteiger partial charge in [0.15, 0.2) is 0 Å². The summed E-state index contributed by atoms with van der Waals surface area (Å²) in [5, 5.41) is 5.51. The van der Waals surface area contributed by atoms with Crippen molar-refractivity contribution in [1.29, 1.82) is 0 Å². The fourth-order valence-electron chi connectivity index (χ4n) is 1.98. The first kappa shape index (κ1) is 17.8. The number of hydrogen-bond acceptors (Lipinski definition) is 4. The van der Waals surface area contributed by atoms with Crippen LogP contribution >= 0.6 is 0 Å². The van der Waals surface area contributed by atoms with Crippen LogP contribution in [-0.4, -0.2) is 39.1 Å². The van der Waals surface area contributed by atoms with Crippen molar-refractivity contribution in [2.75, 3.05) is 27.3 Å². The van der Waals surface area contributed by atoms with Crippen molar-refractivity contribution < 1.29 is 19.1 Å². The van der Waals surface area contributed by atoms with Gasteiger partial charge < -0.3 is 20.1 Å². The zero-order chi connectivity index (χ0) is 16.5. The Morgan fingerprint density at radius 3 is 2.09 bits per heavy atom. The van der Waals surface area contributed by atoms with Gasteiger partial charge in [-0.15, -0.1) is 0 Å². The average molecular weight is 308 g/mol. The molecule has 0 saturated heterocycles. The molecule has 0 heterocycles. The molecule has 0 radical (unpaired) electrons. The number of ether oxygens (including phenoxy) is 2. The van der Waals surface area contributed by atoms with Gasteiger partial charge in [-0.2, -0.15) is 0 Å². The van der Waals surface area contributed by atoms with Crippen LogP contribution in [0.3, 0.4) is 0 Å². The normalized spacial score (nSPS) is 10.2. The summed E-state index contributed by atoms with van der Waals surface area (Å²) >= 11 is 0. The van der Waals surface area contributed by atoms with E-state index in [2.05, 4.69) is 10.6 Å². The first-order chi connectivity index (χ1) is 10.5. The van der Waals surface area contributed by atoms with Crippen molar-refractivity contribution in [3.8, 4) is 11.5 Å². The molecular formula is C16H24N2O4. The Morgan fingerprint density at radius 1 is 1.05 bits per heavy atom. The molecule has 1 rings (SSSR count). The Morgan fingerprint density at radius 2 is 1.59 bits per heavy atom. The second-order valence-corrected chi connectivity index (χ2v) is 5.24. The van der Waals surface area contributed by atoms with Gasteiger partial charge in [0, 0.05) is 19.5 Å². The van der Waals surface area contributed by atoms with Crippen LogP contribution in [0.15, 0.2) is 18.2 Å². The van der Waals surface area contributed by atoms with Gasteiger partial charge in [0.2, 0.25) is 5.91 Å². The lowest BCUT2D eigenvalue weighted by atomic mass is 10.1. The summed E-state index contributed by atoms with van der Waals surface area (Å²) in [6.45, 7) is 4.68. The van der Waals surface area contributed by atoms with Crippen LogP contribution in [0.5, 0.6) is 11.5 Å². The van der Waals surface area contributed by atoms with E-state index in [1.807, 2.05) is 13.8 Å². The minimum atomic E-state index is -0.299. The molecule has 0 aromatic heterocycles. The van der Waals surface area contributed by atoms with E-state index in [0.717, 1.165) is 0 Å². The maximum atomic E-state index is 12.2. The minimum absolute atomic E-state index is 0.0147. The molecule has 0 unspecified atom stereocenters. The molecule has 0 spiro atoms. The fourth-order valence-corrected chi connectivity index (χ4v) is 1.98. The zero-order valence-corrected chi connectivity index (χ0v) is 13.6. The molecule has 1 aromatic rings.